The highest BCUT2D eigenvalue weighted by atomic mass is 32.2. The van der Waals surface area contributed by atoms with E-state index in [1.807, 2.05) is 74.4 Å². The lowest BCUT2D eigenvalue weighted by molar-refractivity contribution is -0.155. The average Bonchev–Trinajstić information content (AvgIpc) is 3.57. The van der Waals surface area contributed by atoms with Crippen molar-refractivity contribution in [1.82, 2.24) is 60.5 Å². The Bertz CT molecular complexity index is 2230. The van der Waals surface area contributed by atoms with Crippen LogP contribution >= 0.6 is 11.8 Å². The molecule has 23 nitrogen and oxygen atoms in total. The quantitative estimate of drug-likeness (QED) is 0.184. The van der Waals surface area contributed by atoms with Gasteiger partial charge < -0.3 is 60.5 Å². The highest BCUT2D eigenvalue weighted by molar-refractivity contribution is 8.00. The number of nitrogens with one attached hydrogen (secondary N) is 4. The molecule has 0 aromatic rings. The van der Waals surface area contributed by atoms with E-state index in [2.05, 4.69) is 21.3 Å². The number of rotatable bonds is 15. The van der Waals surface area contributed by atoms with Gasteiger partial charge in [0.15, 0.2) is 5.37 Å². The summed E-state index contributed by atoms with van der Waals surface area (Å²) < 4.78 is 0. The second kappa shape index (κ2) is 34.4. The Morgan fingerprint density at radius 3 is 1.33 bits per heavy atom. The summed E-state index contributed by atoms with van der Waals surface area (Å²) in [7, 11) is 13.9. The first-order valence-electron chi connectivity index (χ1n) is 29.6. The van der Waals surface area contributed by atoms with Gasteiger partial charge in [0.2, 0.25) is 59.1 Å². The maximum Gasteiger partial charge on any atom is 0.253 e. The number of carbonyl (C=O) groups excluding carboxylic acids is 11. The summed E-state index contributed by atoms with van der Waals surface area (Å²) in [4.78, 5) is 170. The Morgan fingerprint density at radius 2 is 0.880 bits per heavy atom. The molecule has 1 aliphatic heterocycles. The van der Waals surface area contributed by atoms with Gasteiger partial charge in [0.25, 0.3) is 5.91 Å². The van der Waals surface area contributed by atoms with Crippen LogP contribution in [0, 0.1) is 35.5 Å². The van der Waals surface area contributed by atoms with Gasteiger partial charge in [-0.2, -0.15) is 0 Å². The molecule has 1 rings (SSSR count). The molecule has 0 spiro atoms. The van der Waals surface area contributed by atoms with Crippen LogP contribution in [0.1, 0.15) is 136 Å². The Labute approximate surface area is 501 Å². The van der Waals surface area contributed by atoms with Crippen LogP contribution in [0.15, 0.2) is 0 Å². The van der Waals surface area contributed by atoms with E-state index < -0.39 is 143 Å². The zero-order chi connectivity index (χ0) is 64.4. The van der Waals surface area contributed by atoms with E-state index in [9.17, 15) is 47.9 Å². The summed E-state index contributed by atoms with van der Waals surface area (Å²) in [6.45, 7) is 26.7. The Kier molecular flexibility index (Phi) is 31.3. The van der Waals surface area contributed by atoms with Crippen LogP contribution in [-0.2, 0) is 52.7 Å². The summed E-state index contributed by atoms with van der Waals surface area (Å²) in [5.41, 5.74) is 0. The summed E-state index contributed by atoms with van der Waals surface area (Å²) in [6, 6.07) is -10.3. The normalized spacial score (nSPS) is 26.4. The molecule has 1 fully saturated rings. The van der Waals surface area contributed by atoms with Crippen molar-refractivity contribution in [3.05, 3.63) is 0 Å². The fourth-order valence-corrected chi connectivity index (χ4v) is 11.2. The van der Waals surface area contributed by atoms with Crippen molar-refractivity contribution >= 4 is 76.7 Å². The fourth-order valence-electron chi connectivity index (χ4n) is 9.99. The Balaban J connectivity index is 4.23. The van der Waals surface area contributed by atoms with Crippen LogP contribution in [0.4, 0.5) is 0 Å². The molecule has 1 heterocycles. The van der Waals surface area contributed by atoms with Gasteiger partial charge >= 0.3 is 0 Å². The summed E-state index contributed by atoms with van der Waals surface area (Å²) in [5.74, 6) is -7.87. The van der Waals surface area contributed by atoms with E-state index in [-0.39, 0.29) is 55.8 Å². The SMILES string of the molecule is CC[C@@H]1NC(=O)C(SCCN(C)C)N(C)C(=O)[C@H](C(C)C)N(C)C(=O)[C@H](CC(C)C)N(C)C(=O)[C@H](CC(C)C)N(C)C(=O)[C@@H](C)NC(=O)[C@H](C)NC(=O)[C@H](CC(C)C)N(C)C(=O)[C@H](C(C)C)NC(=O)[C@H](CC(C)C)N(C)C(=O)CN(C)C1=O. The minimum atomic E-state index is -1.21. The van der Waals surface area contributed by atoms with E-state index in [0.717, 1.165) is 4.90 Å². The van der Waals surface area contributed by atoms with E-state index >= 15 is 4.79 Å². The number of amides is 11. The fraction of sp³-hybridized carbons (Fsp3) is 0.814. The van der Waals surface area contributed by atoms with Crippen molar-refractivity contribution in [2.75, 3.05) is 82.3 Å². The molecule has 0 aromatic carbocycles. The zero-order valence-electron chi connectivity index (χ0n) is 54.9. The number of hydrogen-bond donors (Lipinski definition) is 4. The van der Waals surface area contributed by atoms with Crippen molar-refractivity contribution in [3.8, 4) is 0 Å². The lowest BCUT2D eigenvalue weighted by Crippen LogP contribution is -2.61. The molecule has 1 unspecified atom stereocenters. The molecule has 10 atom stereocenters. The van der Waals surface area contributed by atoms with E-state index in [1.54, 1.807) is 34.6 Å². The summed E-state index contributed by atoms with van der Waals surface area (Å²) in [5, 5.41) is 9.89. The zero-order valence-corrected chi connectivity index (χ0v) is 55.7. The number of likely N-dealkylation sites (N-methyl/N-ethyl adjacent to an activating group) is 7. The Morgan fingerprint density at radius 1 is 0.458 bits per heavy atom. The third-order valence-electron chi connectivity index (χ3n) is 15.1. The van der Waals surface area contributed by atoms with Crippen molar-refractivity contribution in [2.45, 2.75) is 196 Å². The van der Waals surface area contributed by atoms with Gasteiger partial charge in [0, 0.05) is 61.6 Å². The largest absolute Gasteiger partial charge is 0.343 e. The highest BCUT2D eigenvalue weighted by Gasteiger charge is 2.44. The lowest BCUT2D eigenvalue weighted by atomic mass is 9.95. The monoisotopic (exact) mass is 1190 g/mol. The van der Waals surface area contributed by atoms with Gasteiger partial charge in [-0.15, -0.1) is 11.8 Å². The molecule has 4 N–H and O–H groups in total. The molecule has 0 radical (unpaired) electrons. The molecule has 1 aliphatic rings. The average molecular weight is 1190 g/mol. The smallest absolute Gasteiger partial charge is 0.253 e. The van der Waals surface area contributed by atoms with Gasteiger partial charge in [-0.3, -0.25) is 52.7 Å². The number of carbonyl (C=O) groups is 11. The van der Waals surface area contributed by atoms with E-state index in [1.165, 1.54) is 104 Å². The third-order valence-corrected chi connectivity index (χ3v) is 16.4. The summed E-state index contributed by atoms with van der Waals surface area (Å²) >= 11 is 1.17. The first kappa shape index (κ1) is 75.5. The molecule has 0 bridgehead atoms. The van der Waals surface area contributed by atoms with Crippen LogP contribution in [0.25, 0.3) is 0 Å². The second-order valence-corrected chi connectivity index (χ2v) is 26.6. The first-order chi connectivity index (χ1) is 38.2. The first-order valence-corrected chi connectivity index (χ1v) is 30.6. The highest BCUT2D eigenvalue weighted by Crippen LogP contribution is 2.25. The standard InChI is InChI=1S/C59H108N12O11S/c1-25-41-54(78)65(18)32-46(72)66(19)42(28-33(2)3)51(75)63-47(37(10)11)57(81)67(20)43(29-34(4)5)50(74)60-39(14)49(73)61-40(15)53(77)68(21)44(30-35(6)7)55(79)69(22)45(31-36(8)9)56(80)70(23)48(38(12)13)58(82)71(24)59(52(76)62-41)83-27-26-64(16)17/h33-45,47-48,59H,25-32H2,1-24H3,(H,60,74)(H,61,73)(H,62,76)(H,63,75)/t39-,40+,41-,42-,43-,44-,45-,47-,48-,59?/m0/s1. The van der Waals surface area contributed by atoms with Crippen LogP contribution in [0.5, 0.6) is 0 Å². The topological polar surface area (TPSA) is 262 Å². The van der Waals surface area contributed by atoms with Gasteiger partial charge in [-0.25, -0.2) is 0 Å². The van der Waals surface area contributed by atoms with Crippen LogP contribution in [0.3, 0.4) is 0 Å². The van der Waals surface area contributed by atoms with Crippen LogP contribution < -0.4 is 21.3 Å². The molecule has 11 amide bonds. The lowest BCUT2D eigenvalue weighted by Gasteiger charge is -2.40. The van der Waals surface area contributed by atoms with Gasteiger partial charge in [-0.1, -0.05) is 90.0 Å². The van der Waals surface area contributed by atoms with Crippen molar-refractivity contribution in [1.29, 1.82) is 0 Å². The van der Waals surface area contributed by atoms with Crippen molar-refractivity contribution < 1.29 is 52.7 Å². The summed E-state index contributed by atoms with van der Waals surface area (Å²) in [6.07, 6.45) is 0.826. The minimum Gasteiger partial charge on any atom is -0.343 e. The minimum absolute atomic E-state index is 0.104. The number of nitrogens with zero attached hydrogens (tertiary/aromatic N) is 8. The Hall–Kier alpha value is -5.52. The molecular weight excluding hydrogens is 1080 g/mol. The number of hydrogen-bond acceptors (Lipinski definition) is 13. The van der Waals surface area contributed by atoms with Gasteiger partial charge in [0.1, 0.15) is 54.4 Å². The molecule has 0 saturated carbocycles. The van der Waals surface area contributed by atoms with E-state index in [0.29, 0.717) is 12.3 Å². The predicted octanol–water partition coefficient (Wildman–Crippen LogP) is 2.56. The van der Waals surface area contributed by atoms with Crippen molar-refractivity contribution in [3.63, 3.8) is 0 Å². The predicted molar refractivity (Wildman–Crippen MR) is 325 cm³/mol. The van der Waals surface area contributed by atoms with Gasteiger partial charge in [0.05, 0.1) is 6.54 Å². The second-order valence-electron chi connectivity index (χ2n) is 25.4. The van der Waals surface area contributed by atoms with E-state index in [4.69, 9.17) is 0 Å². The molecule has 0 aliphatic carbocycles. The molecule has 0 aromatic heterocycles. The maximum atomic E-state index is 15.0. The third kappa shape index (κ3) is 22.1. The van der Waals surface area contributed by atoms with Gasteiger partial charge in [-0.05, 0) is 95.6 Å². The number of thioether (sulfide) groups is 1. The molecular formula is C59H108N12O11S. The molecule has 476 valence electrons. The van der Waals surface area contributed by atoms with Crippen LogP contribution in [0.2, 0.25) is 0 Å². The molecule has 1 saturated heterocycles. The van der Waals surface area contributed by atoms with Crippen LogP contribution in [-0.4, -0.2) is 246 Å². The van der Waals surface area contributed by atoms with Crippen molar-refractivity contribution in [2.24, 2.45) is 35.5 Å². The molecule has 24 heteroatoms. The molecule has 83 heavy (non-hydrogen) atoms. The maximum absolute atomic E-state index is 15.0.